The fourth-order valence-electron chi connectivity index (χ4n) is 2.59. The van der Waals surface area contributed by atoms with E-state index in [-0.39, 0.29) is 29.2 Å². The zero-order chi connectivity index (χ0) is 17.5. The third-order valence-corrected chi connectivity index (χ3v) is 4.04. The van der Waals surface area contributed by atoms with E-state index in [4.69, 9.17) is 0 Å². The average molecular weight is 341 g/mol. The van der Waals surface area contributed by atoms with Gasteiger partial charge < -0.3 is 10.6 Å². The lowest BCUT2D eigenvalue weighted by atomic mass is 9.80. The van der Waals surface area contributed by atoms with Crippen LogP contribution in [0.2, 0.25) is 0 Å². The molecular formula is C14H14F3N5O2. The second kappa shape index (κ2) is 5.46. The number of nitrogens with zero attached hydrogens (tertiary/aromatic N) is 2. The zero-order valence-electron chi connectivity index (χ0n) is 12.6. The van der Waals surface area contributed by atoms with Gasteiger partial charge in [-0.2, -0.15) is 18.3 Å². The van der Waals surface area contributed by atoms with Gasteiger partial charge in [-0.1, -0.05) is 6.92 Å². The van der Waals surface area contributed by atoms with Crippen LogP contribution in [0.15, 0.2) is 12.1 Å². The molecule has 0 aromatic carbocycles. The largest absolute Gasteiger partial charge is 0.433 e. The minimum atomic E-state index is -4.56. The Morgan fingerprint density at radius 2 is 2.12 bits per heavy atom. The average Bonchev–Trinajstić information content (AvgIpc) is 2.88. The van der Waals surface area contributed by atoms with Gasteiger partial charge in [-0.15, -0.1) is 0 Å². The number of hydrogen-bond donors (Lipinski definition) is 3. The molecule has 2 amide bonds. The van der Waals surface area contributed by atoms with Crippen LogP contribution in [0.4, 0.5) is 19.0 Å². The van der Waals surface area contributed by atoms with Crippen LogP contribution in [0.25, 0.3) is 11.0 Å². The monoisotopic (exact) mass is 341 g/mol. The second-order valence-corrected chi connectivity index (χ2v) is 5.95. The first-order chi connectivity index (χ1) is 11.2. The molecule has 1 saturated heterocycles. The fraction of sp³-hybridized carbons (Fsp3) is 0.429. The SMILES string of the molecule is CC1(C(=O)Nc2n[nH]c3nc(C(F)(F)F)ccc23)CCNC(=O)C1. The van der Waals surface area contributed by atoms with Gasteiger partial charge in [0.2, 0.25) is 11.8 Å². The normalized spacial score (nSPS) is 21.6. The molecular weight excluding hydrogens is 327 g/mol. The van der Waals surface area contributed by atoms with Crippen molar-refractivity contribution in [2.24, 2.45) is 5.41 Å². The summed E-state index contributed by atoms with van der Waals surface area (Å²) < 4.78 is 38.0. The molecule has 0 spiro atoms. The number of alkyl halides is 3. The van der Waals surface area contributed by atoms with Crippen LogP contribution < -0.4 is 10.6 Å². The quantitative estimate of drug-likeness (QED) is 0.776. The summed E-state index contributed by atoms with van der Waals surface area (Å²) in [5.41, 5.74) is -2.02. The van der Waals surface area contributed by atoms with Gasteiger partial charge in [-0.25, -0.2) is 4.98 Å². The Kier molecular flexibility index (Phi) is 3.69. The number of amides is 2. The van der Waals surface area contributed by atoms with E-state index in [1.807, 2.05) is 0 Å². The Balaban J connectivity index is 1.85. The van der Waals surface area contributed by atoms with Crippen molar-refractivity contribution in [2.75, 3.05) is 11.9 Å². The topological polar surface area (TPSA) is 99.8 Å². The van der Waals surface area contributed by atoms with Crippen molar-refractivity contribution in [1.29, 1.82) is 0 Å². The van der Waals surface area contributed by atoms with Crippen LogP contribution in [0.5, 0.6) is 0 Å². The Bertz CT molecular complexity index is 816. The van der Waals surface area contributed by atoms with E-state index < -0.39 is 23.2 Å². The first-order valence-electron chi connectivity index (χ1n) is 7.19. The summed E-state index contributed by atoms with van der Waals surface area (Å²) in [5.74, 6) is -0.545. The van der Waals surface area contributed by atoms with E-state index in [1.165, 1.54) is 6.07 Å². The van der Waals surface area contributed by atoms with Crippen molar-refractivity contribution in [3.8, 4) is 0 Å². The molecule has 0 bridgehead atoms. The number of nitrogens with one attached hydrogen (secondary N) is 3. The number of fused-ring (bicyclic) bond motifs is 1. The third-order valence-electron chi connectivity index (χ3n) is 4.04. The number of rotatable bonds is 2. The maximum atomic E-state index is 12.7. The number of pyridine rings is 1. The molecule has 128 valence electrons. The number of aromatic amines is 1. The Morgan fingerprint density at radius 1 is 1.38 bits per heavy atom. The minimum Gasteiger partial charge on any atom is -0.356 e. The maximum absolute atomic E-state index is 12.7. The lowest BCUT2D eigenvalue weighted by molar-refractivity contribution is -0.141. The van der Waals surface area contributed by atoms with Crippen molar-refractivity contribution in [2.45, 2.75) is 25.9 Å². The Hall–Kier alpha value is -2.65. The van der Waals surface area contributed by atoms with Crippen LogP contribution in [-0.2, 0) is 15.8 Å². The highest BCUT2D eigenvalue weighted by Crippen LogP contribution is 2.32. The number of carbonyl (C=O) groups is 2. The lowest BCUT2D eigenvalue weighted by Crippen LogP contribution is -2.45. The Morgan fingerprint density at radius 3 is 2.79 bits per heavy atom. The number of halogens is 3. The molecule has 1 fully saturated rings. The van der Waals surface area contributed by atoms with Gasteiger partial charge in [0.05, 0.1) is 10.8 Å². The van der Waals surface area contributed by atoms with Gasteiger partial charge in [0.15, 0.2) is 11.5 Å². The maximum Gasteiger partial charge on any atom is 0.433 e. The predicted molar refractivity (Wildman–Crippen MR) is 77.9 cm³/mol. The summed E-state index contributed by atoms with van der Waals surface area (Å²) in [4.78, 5) is 27.4. The number of hydrogen-bond acceptors (Lipinski definition) is 4. The molecule has 0 aliphatic carbocycles. The number of anilines is 1. The molecule has 7 nitrogen and oxygen atoms in total. The number of piperidine rings is 1. The van der Waals surface area contributed by atoms with Crippen molar-refractivity contribution < 1.29 is 22.8 Å². The molecule has 2 aromatic heterocycles. The van der Waals surface area contributed by atoms with Crippen LogP contribution in [0.1, 0.15) is 25.5 Å². The minimum absolute atomic E-state index is 0.0393. The van der Waals surface area contributed by atoms with Crippen LogP contribution in [0, 0.1) is 5.41 Å². The summed E-state index contributed by atoms with van der Waals surface area (Å²) in [6, 6.07) is 2.02. The molecule has 10 heteroatoms. The highest BCUT2D eigenvalue weighted by Gasteiger charge is 2.39. The molecule has 1 atom stereocenters. The van der Waals surface area contributed by atoms with Gasteiger partial charge in [0.1, 0.15) is 5.69 Å². The van der Waals surface area contributed by atoms with Gasteiger partial charge in [0, 0.05) is 13.0 Å². The third kappa shape index (κ3) is 2.91. The standard InChI is InChI=1S/C14H14F3N5O2/c1-13(4-5-18-9(23)6-13)12(24)20-11-7-2-3-8(14(15,16)17)19-10(7)21-22-11/h2-3H,4-6H2,1H3,(H,18,23)(H2,19,20,21,22,24). The van der Waals surface area contributed by atoms with Crippen LogP contribution >= 0.6 is 0 Å². The van der Waals surface area contributed by atoms with Gasteiger partial charge >= 0.3 is 6.18 Å². The van der Waals surface area contributed by atoms with E-state index in [0.29, 0.717) is 13.0 Å². The molecule has 24 heavy (non-hydrogen) atoms. The van der Waals surface area contributed by atoms with Crippen molar-refractivity contribution >= 4 is 28.7 Å². The summed E-state index contributed by atoms with van der Waals surface area (Å²) in [6.07, 6.45) is -4.06. The van der Waals surface area contributed by atoms with E-state index in [0.717, 1.165) is 6.07 Å². The summed E-state index contributed by atoms with van der Waals surface area (Å²) >= 11 is 0. The molecule has 2 aromatic rings. The van der Waals surface area contributed by atoms with Gasteiger partial charge in [-0.3, -0.25) is 14.7 Å². The van der Waals surface area contributed by atoms with E-state index >= 15 is 0 Å². The fourth-order valence-corrected chi connectivity index (χ4v) is 2.59. The zero-order valence-corrected chi connectivity index (χ0v) is 12.6. The molecule has 1 aliphatic heterocycles. The van der Waals surface area contributed by atoms with Gasteiger partial charge in [-0.05, 0) is 18.6 Å². The molecule has 0 saturated carbocycles. The van der Waals surface area contributed by atoms with Crippen molar-refractivity contribution in [3.63, 3.8) is 0 Å². The Labute approximate surface area is 134 Å². The summed E-state index contributed by atoms with van der Waals surface area (Å²) in [6.45, 7) is 2.05. The lowest BCUT2D eigenvalue weighted by Gasteiger charge is -2.31. The highest BCUT2D eigenvalue weighted by molar-refractivity contribution is 6.02. The molecule has 3 rings (SSSR count). The van der Waals surface area contributed by atoms with E-state index in [2.05, 4.69) is 25.8 Å². The second-order valence-electron chi connectivity index (χ2n) is 5.95. The first-order valence-corrected chi connectivity index (χ1v) is 7.19. The van der Waals surface area contributed by atoms with Crippen molar-refractivity contribution in [1.82, 2.24) is 20.5 Å². The molecule has 1 aliphatic rings. The number of carbonyl (C=O) groups excluding carboxylic acids is 2. The number of aromatic nitrogens is 3. The molecule has 0 radical (unpaired) electrons. The summed E-state index contributed by atoms with van der Waals surface area (Å²) in [7, 11) is 0. The van der Waals surface area contributed by atoms with E-state index in [9.17, 15) is 22.8 Å². The molecule has 3 N–H and O–H groups in total. The number of H-pyrrole nitrogens is 1. The van der Waals surface area contributed by atoms with Crippen LogP contribution in [0.3, 0.4) is 0 Å². The van der Waals surface area contributed by atoms with E-state index in [1.54, 1.807) is 6.92 Å². The van der Waals surface area contributed by atoms with Crippen LogP contribution in [-0.4, -0.2) is 33.5 Å². The molecule has 1 unspecified atom stereocenters. The predicted octanol–water partition coefficient (Wildman–Crippen LogP) is 1.83. The van der Waals surface area contributed by atoms with Gasteiger partial charge in [0.25, 0.3) is 0 Å². The van der Waals surface area contributed by atoms with Crippen molar-refractivity contribution in [3.05, 3.63) is 17.8 Å². The first kappa shape index (κ1) is 16.2. The summed E-state index contributed by atoms with van der Waals surface area (Å²) in [5, 5.41) is 11.7. The molecule has 3 heterocycles. The highest BCUT2D eigenvalue weighted by atomic mass is 19.4. The smallest absolute Gasteiger partial charge is 0.356 e.